The minimum atomic E-state index is 0.251. The lowest BCUT2D eigenvalue weighted by molar-refractivity contribution is -0.120. The lowest BCUT2D eigenvalue weighted by atomic mass is 9.95. The van der Waals surface area contributed by atoms with Gasteiger partial charge in [-0.3, -0.25) is 4.79 Å². The van der Waals surface area contributed by atoms with Crippen molar-refractivity contribution in [1.29, 1.82) is 0 Å². The zero-order valence-electron chi connectivity index (χ0n) is 12.7. The molecule has 2 N–H and O–H groups in total. The maximum Gasteiger partial charge on any atom is 0.227 e. The number of nitrogen functional groups attached to an aromatic ring is 1. The van der Waals surface area contributed by atoms with Gasteiger partial charge in [0.15, 0.2) is 0 Å². The second kappa shape index (κ2) is 6.78. The number of nitrogens with zero attached hydrogens (tertiary/aromatic N) is 1. The number of hydrogen-bond donors (Lipinski definition) is 1. The molecule has 0 spiro atoms. The average molecular weight is 274 g/mol. The monoisotopic (exact) mass is 274 g/mol. The van der Waals surface area contributed by atoms with Crippen molar-refractivity contribution in [2.45, 2.75) is 64.8 Å². The Hall–Kier alpha value is -1.51. The minimum absolute atomic E-state index is 0.251. The van der Waals surface area contributed by atoms with E-state index >= 15 is 0 Å². The Morgan fingerprint density at radius 1 is 1.35 bits per heavy atom. The van der Waals surface area contributed by atoms with Gasteiger partial charge in [-0.15, -0.1) is 0 Å². The Morgan fingerprint density at radius 2 is 2.15 bits per heavy atom. The van der Waals surface area contributed by atoms with E-state index in [1.54, 1.807) is 0 Å². The smallest absolute Gasteiger partial charge is 0.227 e. The van der Waals surface area contributed by atoms with Crippen LogP contribution in [0.4, 0.5) is 11.4 Å². The fourth-order valence-electron chi connectivity index (χ4n) is 2.98. The van der Waals surface area contributed by atoms with Gasteiger partial charge in [0.1, 0.15) is 0 Å². The maximum atomic E-state index is 12.3. The number of carbonyl (C=O) groups excluding carboxylic acids is 1. The van der Waals surface area contributed by atoms with Crippen LogP contribution in [0.1, 0.15) is 57.4 Å². The lowest BCUT2D eigenvalue weighted by Crippen LogP contribution is -2.43. The molecule has 1 aromatic carbocycles. The van der Waals surface area contributed by atoms with Gasteiger partial charge in [-0.1, -0.05) is 32.3 Å². The largest absolute Gasteiger partial charge is 0.398 e. The summed E-state index contributed by atoms with van der Waals surface area (Å²) in [7, 11) is 0. The van der Waals surface area contributed by atoms with E-state index in [0.717, 1.165) is 36.2 Å². The Kier molecular flexibility index (Phi) is 5.05. The highest BCUT2D eigenvalue weighted by atomic mass is 16.2. The molecule has 2 rings (SSSR count). The predicted octanol–water partition coefficient (Wildman–Crippen LogP) is 4.04. The van der Waals surface area contributed by atoms with Gasteiger partial charge in [0.2, 0.25) is 5.91 Å². The first-order valence-corrected chi connectivity index (χ1v) is 7.81. The number of piperidine rings is 1. The maximum absolute atomic E-state index is 12.3. The molecule has 1 fully saturated rings. The van der Waals surface area contributed by atoms with Gasteiger partial charge < -0.3 is 10.6 Å². The summed E-state index contributed by atoms with van der Waals surface area (Å²) in [5.74, 6) is 0.251. The second-order valence-corrected chi connectivity index (χ2v) is 5.85. The van der Waals surface area contributed by atoms with Gasteiger partial charge in [0.25, 0.3) is 0 Å². The highest BCUT2D eigenvalue weighted by molar-refractivity contribution is 5.95. The van der Waals surface area contributed by atoms with Crippen molar-refractivity contribution >= 4 is 17.3 Å². The fraction of sp³-hybridized carbons (Fsp3) is 0.588. The highest BCUT2D eigenvalue weighted by Gasteiger charge is 2.28. The molecule has 0 radical (unpaired) electrons. The Labute approximate surface area is 122 Å². The molecule has 1 aliphatic heterocycles. The van der Waals surface area contributed by atoms with E-state index in [2.05, 4.69) is 6.92 Å². The topological polar surface area (TPSA) is 46.3 Å². The van der Waals surface area contributed by atoms with Crippen LogP contribution in [0.3, 0.4) is 0 Å². The third kappa shape index (κ3) is 3.33. The van der Waals surface area contributed by atoms with E-state index in [1.165, 1.54) is 19.3 Å². The number of amides is 1. The second-order valence-electron chi connectivity index (χ2n) is 5.85. The van der Waals surface area contributed by atoms with E-state index in [4.69, 9.17) is 5.73 Å². The first-order valence-electron chi connectivity index (χ1n) is 7.81. The van der Waals surface area contributed by atoms with E-state index in [1.807, 2.05) is 30.0 Å². The van der Waals surface area contributed by atoms with Gasteiger partial charge in [-0.05, 0) is 43.9 Å². The number of nitrogens with two attached hydrogens (primary N) is 1. The summed E-state index contributed by atoms with van der Waals surface area (Å²) in [4.78, 5) is 14.3. The quantitative estimate of drug-likeness (QED) is 0.650. The van der Waals surface area contributed by atoms with E-state index in [9.17, 15) is 4.79 Å². The van der Waals surface area contributed by atoms with Gasteiger partial charge >= 0.3 is 0 Å². The number of unbranched alkanes of at least 4 members (excludes halogenated alkanes) is 2. The Bertz CT molecular complexity index is 470. The normalized spacial score (nSPS) is 19.4. The molecule has 1 amide bonds. The third-order valence-electron chi connectivity index (χ3n) is 4.24. The van der Waals surface area contributed by atoms with Crippen LogP contribution in [0, 0.1) is 6.92 Å². The van der Waals surface area contributed by atoms with Crippen molar-refractivity contribution in [3.8, 4) is 0 Å². The molecule has 1 aliphatic rings. The summed E-state index contributed by atoms with van der Waals surface area (Å²) in [6.07, 6.45) is 7.57. The highest BCUT2D eigenvalue weighted by Crippen LogP contribution is 2.30. The summed E-state index contributed by atoms with van der Waals surface area (Å²) in [6.45, 7) is 4.21. The SMILES string of the molecule is CCCCCC1CCCC(=O)N1c1ccc(C)c(N)c1. The van der Waals surface area contributed by atoms with Crippen LogP contribution in [0.2, 0.25) is 0 Å². The zero-order chi connectivity index (χ0) is 14.5. The first-order chi connectivity index (χ1) is 9.63. The number of benzene rings is 1. The standard InChI is InChI=1S/C17H26N2O/c1-3-4-5-7-14-8-6-9-17(20)19(14)15-11-10-13(2)16(18)12-15/h10-12,14H,3-9,18H2,1-2H3. The van der Waals surface area contributed by atoms with Crippen molar-refractivity contribution in [3.63, 3.8) is 0 Å². The minimum Gasteiger partial charge on any atom is -0.398 e. The molecule has 20 heavy (non-hydrogen) atoms. The van der Waals surface area contributed by atoms with Crippen molar-refractivity contribution in [2.75, 3.05) is 10.6 Å². The Morgan fingerprint density at radius 3 is 2.85 bits per heavy atom. The molecule has 3 heteroatoms. The summed E-state index contributed by atoms with van der Waals surface area (Å²) >= 11 is 0. The molecule has 0 aromatic heterocycles. The molecule has 1 aromatic rings. The van der Waals surface area contributed by atoms with Crippen molar-refractivity contribution < 1.29 is 4.79 Å². The van der Waals surface area contributed by atoms with Gasteiger partial charge in [-0.2, -0.15) is 0 Å². The van der Waals surface area contributed by atoms with Crippen LogP contribution >= 0.6 is 0 Å². The molecule has 110 valence electrons. The van der Waals surface area contributed by atoms with Crippen LogP contribution in [-0.2, 0) is 4.79 Å². The molecular weight excluding hydrogens is 248 g/mol. The number of hydrogen-bond acceptors (Lipinski definition) is 2. The van der Waals surface area contributed by atoms with Crippen LogP contribution in [-0.4, -0.2) is 11.9 Å². The van der Waals surface area contributed by atoms with E-state index in [-0.39, 0.29) is 5.91 Å². The third-order valence-corrected chi connectivity index (χ3v) is 4.24. The number of anilines is 2. The van der Waals surface area contributed by atoms with Crippen LogP contribution in [0.5, 0.6) is 0 Å². The average Bonchev–Trinajstić information content (AvgIpc) is 2.43. The van der Waals surface area contributed by atoms with Crippen molar-refractivity contribution in [1.82, 2.24) is 0 Å². The number of aryl methyl sites for hydroxylation is 1. The fourth-order valence-corrected chi connectivity index (χ4v) is 2.98. The molecule has 1 atom stereocenters. The van der Waals surface area contributed by atoms with Gasteiger partial charge in [0.05, 0.1) is 0 Å². The summed E-state index contributed by atoms with van der Waals surface area (Å²) in [6, 6.07) is 6.34. The Balaban J connectivity index is 2.18. The molecule has 1 heterocycles. The zero-order valence-corrected chi connectivity index (χ0v) is 12.7. The molecule has 0 aliphatic carbocycles. The first kappa shape index (κ1) is 14.9. The molecule has 1 saturated heterocycles. The lowest BCUT2D eigenvalue weighted by Gasteiger charge is -2.36. The summed E-state index contributed by atoms with van der Waals surface area (Å²) < 4.78 is 0. The molecule has 3 nitrogen and oxygen atoms in total. The van der Waals surface area contributed by atoms with Crippen LogP contribution < -0.4 is 10.6 Å². The summed E-state index contributed by atoms with van der Waals surface area (Å²) in [5, 5.41) is 0. The van der Waals surface area contributed by atoms with E-state index < -0.39 is 0 Å². The number of rotatable bonds is 5. The number of carbonyl (C=O) groups is 1. The predicted molar refractivity (Wildman–Crippen MR) is 84.9 cm³/mol. The van der Waals surface area contributed by atoms with Crippen molar-refractivity contribution in [2.24, 2.45) is 0 Å². The molecule has 0 bridgehead atoms. The molecular formula is C17H26N2O. The van der Waals surface area contributed by atoms with Crippen LogP contribution in [0.15, 0.2) is 18.2 Å². The molecule has 0 saturated carbocycles. The van der Waals surface area contributed by atoms with Gasteiger partial charge in [-0.25, -0.2) is 0 Å². The summed E-state index contributed by atoms with van der Waals surface area (Å²) in [5.41, 5.74) is 8.82. The van der Waals surface area contributed by atoms with Crippen molar-refractivity contribution in [3.05, 3.63) is 23.8 Å². The van der Waals surface area contributed by atoms with E-state index in [0.29, 0.717) is 12.5 Å². The van der Waals surface area contributed by atoms with Gasteiger partial charge in [0, 0.05) is 23.8 Å². The molecule has 1 unspecified atom stereocenters. The van der Waals surface area contributed by atoms with Crippen LogP contribution in [0.25, 0.3) is 0 Å².